The molecule has 0 fully saturated rings. The molecule has 0 aliphatic heterocycles. The van der Waals surface area contributed by atoms with Crippen molar-refractivity contribution in [3.8, 4) is 0 Å². The number of anilines is 1. The highest BCUT2D eigenvalue weighted by atomic mass is 35.5. The van der Waals surface area contributed by atoms with Crippen LogP contribution in [0.4, 0.5) is 5.69 Å². The zero-order valence-corrected chi connectivity index (χ0v) is 9.12. The van der Waals surface area contributed by atoms with Crippen molar-refractivity contribution in [1.82, 2.24) is 0 Å². The summed E-state index contributed by atoms with van der Waals surface area (Å²) in [5.74, 6) is -1.32. The number of carbonyl (C=O) groups is 2. The lowest BCUT2D eigenvalue weighted by molar-refractivity contribution is -0.135. The Morgan fingerprint density at radius 3 is 2.47 bits per heavy atom. The first kappa shape index (κ1) is 11.7. The van der Waals surface area contributed by atoms with Gasteiger partial charge in [-0.2, -0.15) is 0 Å². The maximum Gasteiger partial charge on any atom is 0.221 e. The van der Waals surface area contributed by atoms with Crippen LogP contribution in [-0.2, 0) is 9.59 Å². The molecule has 0 unspecified atom stereocenters. The molecule has 4 heteroatoms. The third-order valence-corrected chi connectivity index (χ3v) is 2.19. The highest BCUT2D eigenvalue weighted by Gasteiger charge is 2.19. The van der Waals surface area contributed by atoms with Gasteiger partial charge in [0, 0.05) is 5.69 Å². The summed E-state index contributed by atoms with van der Waals surface area (Å²) in [7, 11) is 0. The van der Waals surface area contributed by atoms with Crippen molar-refractivity contribution >= 4 is 28.9 Å². The van der Waals surface area contributed by atoms with Gasteiger partial charge in [-0.1, -0.05) is 18.2 Å². The number of halogens is 1. The Morgan fingerprint density at radius 2 is 1.93 bits per heavy atom. The Kier molecular flexibility index (Phi) is 4.31. The summed E-state index contributed by atoms with van der Waals surface area (Å²) in [5, 5.41) is 2.93. The van der Waals surface area contributed by atoms with Crippen molar-refractivity contribution in [2.45, 2.75) is 13.0 Å². The number of nitrogens with one attached hydrogen (secondary N) is 1. The molecule has 1 aromatic carbocycles. The first-order chi connectivity index (χ1) is 7.15. The van der Waals surface area contributed by atoms with Crippen LogP contribution in [0.5, 0.6) is 0 Å². The molecule has 3 nitrogen and oxygen atoms in total. The van der Waals surface area contributed by atoms with Gasteiger partial charge in [0.05, 0.1) is 11.9 Å². The quantitative estimate of drug-likeness (QED) is 0.615. The van der Waals surface area contributed by atoms with Crippen molar-refractivity contribution in [1.29, 1.82) is 0 Å². The van der Waals surface area contributed by atoms with Crippen LogP contribution < -0.4 is 5.32 Å². The van der Waals surface area contributed by atoms with Gasteiger partial charge in [-0.3, -0.25) is 9.59 Å². The monoisotopic (exact) mass is 225 g/mol. The summed E-state index contributed by atoms with van der Waals surface area (Å²) in [4.78, 5) is 22.4. The van der Waals surface area contributed by atoms with E-state index in [-0.39, 0.29) is 5.88 Å². The van der Waals surface area contributed by atoms with Gasteiger partial charge in [-0.05, 0) is 19.1 Å². The SMILES string of the molecule is C[C@H](Nc1ccccc1)C(=O)C(=O)CCl. The van der Waals surface area contributed by atoms with Gasteiger partial charge in [0.2, 0.25) is 11.6 Å². The first-order valence-electron chi connectivity index (χ1n) is 4.59. The van der Waals surface area contributed by atoms with Crippen LogP contribution in [0.1, 0.15) is 6.92 Å². The van der Waals surface area contributed by atoms with E-state index in [9.17, 15) is 9.59 Å². The van der Waals surface area contributed by atoms with E-state index in [0.29, 0.717) is 0 Å². The number of hydrogen-bond donors (Lipinski definition) is 1. The molecule has 1 rings (SSSR count). The molecule has 15 heavy (non-hydrogen) atoms. The fraction of sp³-hybridized carbons (Fsp3) is 0.273. The van der Waals surface area contributed by atoms with Crippen LogP contribution in [0.2, 0.25) is 0 Å². The van der Waals surface area contributed by atoms with Crippen molar-refractivity contribution in [3.63, 3.8) is 0 Å². The summed E-state index contributed by atoms with van der Waals surface area (Å²) >= 11 is 5.30. The molecule has 80 valence electrons. The summed E-state index contributed by atoms with van der Waals surface area (Å²) in [6, 6.07) is 8.69. The Labute approximate surface area is 93.4 Å². The van der Waals surface area contributed by atoms with Gasteiger partial charge < -0.3 is 5.32 Å². The highest BCUT2D eigenvalue weighted by Crippen LogP contribution is 2.07. The van der Waals surface area contributed by atoms with E-state index in [1.54, 1.807) is 6.92 Å². The number of alkyl halides is 1. The van der Waals surface area contributed by atoms with Crippen LogP contribution in [-0.4, -0.2) is 23.5 Å². The Hall–Kier alpha value is -1.35. The van der Waals surface area contributed by atoms with Gasteiger partial charge in [-0.25, -0.2) is 0 Å². The van der Waals surface area contributed by atoms with Crippen molar-refractivity contribution in [2.75, 3.05) is 11.2 Å². The largest absolute Gasteiger partial charge is 0.375 e. The number of rotatable bonds is 5. The topological polar surface area (TPSA) is 46.2 Å². The van der Waals surface area contributed by atoms with Crippen molar-refractivity contribution in [3.05, 3.63) is 30.3 Å². The number of benzene rings is 1. The number of Topliss-reactive ketones (excluding diaryl/α,β-unsaturated/α-hetero) is 2. The van der Waals surface area contributed by atoms with E-state index in [1.165, 1.54) is 0 Å². The van der Waals surface area contributed by atoms with E-state index < -0.39 is 17.6 Å². The van der Waals surface area contributed by atoms with E-state index in [2.05, 4.69) is 5.32 Å². The molecule has 0 radical (unpaired) electrons. The lowest BCUT2D eigenvalue weighted by atomic mass is 10.1. The fourth-order valence-corrected chi connectivity index (χ4v) is 1.29. The summed E-state index contributed by atoms with van der Waals surface area (Å²) in [6.07, 6.45) is 0. The molecule has 1 N–H and O–H groups in total. The maximum absolute atomic E-state index is 11.4. The molecule has 0 aromatic heterocycles. The molecule has 0 bridgehead atoms. The molecular weight excluding hydrogens is 214 g/mol. The molecule has 0 amide bonds. The molecule has 0 aliphatic carbocycles. The Morgan fingerprint density at radius 1 is 1.33 bits per heavy atom. The normalized spacial score (nSPS) is 11.9. The van der Waals surface area contributed by atoms with E-state index in [4.69, 9.17) is 11.6 Å². The van der Waals surface area contributed by atoms with Crippen LogP contribution in [0.15, 0.2) is 30.3 Å². The summed E-state index contributed by atoms with van der Waals surface area (Å²) < 4.78 is 0. The zero-order valence-electron chi connectivity index (χ0n) is 8.37. The average molecular weight is 226 g/mol. The number of hydrogen-bond acceptors (Lipinski definition) is 3. The smallest absolute Gasteiger partial charge is 0.221 e. The van der Waals surface area contributed by atoms with E-state index in [0.717, 1.165) is 5.69 Å². The van der Waals surface area contributed by atoms with Crippen LogP contribution >= 0.6 is 11.6 Å². The molecule has 0 saturated carbocycles. The molecule has 0 saturated heterocycles. The standard InChI is InChI=1S/C11H12ClNO2/c1-8(11(15)10(14)7-12)13-9-5-3-2-4-6-9/h2-6,8,13H,7H2,1H3/t8-/m0/s1. The van der Waals surface area contributed by atoms with Crippen LogP contribution in [0, 0.1) is 0 Å². The van der Waals surface area contributed by atoms with Gasteiger partial charge in [0.15, 0.2) is 0 Å². The lowest BCUT2D eigenvalue weighted by Gasteiger charge is -2.12. The summed E-state index contributed by atoms with van der Waals surface area (Å²) in [5.41, 5.74) is 0.806. The third kappa shape index (κ3) is 3.36. The Balaban J connectivity index is 2.60. The van der Waals surface area contributed by atoms with Gasteiger partial charge >= 0.3 is 0 Å². The van der Waals surface area contributed by atoms with Gasteiger partial charge in [0.25, 0.3) is 0 Å². The van der Waals surface area contributed by atoms with Crippen molar-refractivity contribution in [2.24, 2.45) is 0 Å². The van der Waals surface area contributed by atoms with E-state index >= 15 is 0 Å². The number of carbonyl (C=O) groups excluding carboxylic acids is 2. The molecule has 0 aliphatic rings. The predicted octanol–water partition coefficient (Wildman–Crippen LogP) is 1.86. The number of ketones is 2. The van der Waals surface area contributed by atoms with Gasteiger partial charge in [-0.15, -0.1) is 11.6 Å². The minimum atomic E-state index is -0.562. The van der Waals surface area contributed by atoms with Crippen LogP contribution in [0.25, 0.3) is 0 Å². The summed E-state index contributed by atoms with van der Waals surface area (Å²) in [6.45, 7) is 1.64. The second-order valence-electron chi connectivity index (χ2n) is 3.15. The minimum absolute atomic E-state index is 0.264. The highest BCUT2D eigenvalue weighted by molar-refractivity contribution is 6.48. The van der Waals surface area contributed by atoms with Crippen LogP contribution in [0.3, 0.4) is 0 Å². The minimum Gasteiger partial charge on any atom is -0.375 e. The molecule has 1 aromatic rings. The maximum atomic E-state index is 11.4. The Bertz CT molecular complexity index is 351. The predicted molar refractivity (Wildman–Crippen MR) is 60.3 cm³/mol. The van der Waals surface area contributed by atoms with Gasteiger partial charge in [0.1, 0.15) is 0 Å². The molecule has 1 atom stereocenters. The second-order valence-corrected chi connectivity index (χ2v) is 3.42. The molecular formula is C11H12ClNO2. The third-order valence-electron chi connectivity index (χ3n) is 1.95. The zero-order chi connectivity index (χ0) is 11.3. The second kappa shape index (κ2) is 5.51. The molecule has 0 heterocycles. The average Bonchev–Trinajstić information content (AvgIpc) is 2.28. The van der Waals surface area contributed by atoms with Crippen molar-refractivity contribution < 1.29 is 9.59 Å². The lowest BCUT2D eigenvalue weighted by Crippen LogP contribution is -2.33. The fourth-order valence-electron chi connectivity index (χ4n) is 1.16. The first-order valence-corrected chi connectivity index (χ1v) is 5.13. The number of para-hydroxylation sites is 1. The van der Waals surface area contributed by atoms with E-state index in [1.807, 2.05) is 30.3 Å². The molecule has 0 spiro atoms.